The van der Waals surface area contributed by atoms with E-state index >= 15 is 0 Å². The zero-order chi connectivity index (χ0) is 8.53. The van der Waals surface area contributed by atoms with Crippen LogP contribution in [0.1, 0.15) is 13.3 Å². The first-order valence-electron chi connectivity index (χ1n) is 3.88. The van der Waals surface area contributed by atoms with Crippen molar-refractivity contribution in [2.24, 2.45) is 5.84 Å². The number of hydrogen-bond acceptors (Lipinski definition) is 4. The zero-order valence-electron chi connectivity index (χ0n) is 7.28. The molecule has 0 amide bonds. The summed E-state index contributed by atoms with van der Waals surface area (Å²) in [5, 5.41) is 6.12. The molecular formula is C7H18N4. The van der Waals surface area contributed by atoms with Gasteiger partial charge in [-0.25, -0.2) is 0 Å². The van der Waals surface area contributed by atoms with E-state index in [2.05, 4.69) is 16.1 Å². The lowest BCUT2D eigenvalue weighted by Gasteiger charge is -2.05. The molecule has 5 N–H and O–H groups in total. The average Bonchev–Trinajstić information content (AvgIpc) is 2.05. The molecule has 0 saturated carbocycles. The SMILES string of the molecule is CCN/C=C(/CCNC)NN. The monoisotopic (exact) mass is 158 g/mol. The molecule has 0 spiro atoms. The molecule has 0 heterocycles. The van der Waals surface area contributed by atoms with E-state index in [1.807, 2.05) is 20.2 Å². The third-order valence-corrected chi connectivity index (χ3v) is 1.31. The number of rotatable bonds is 6. The summed E-state index contributed by atoms with van der Waals surface area (Å²) in [5.41, 5.74) is 3.65. The van der Waals surface area contributed by atoms with Crippen molar-refractivity contribution < 1.29 is 0 Å². The minimum absolute atomic E-state index is 0.917. The van der Waals surface area contributed by atoms with Gasteiger partial charge in [0.2, 0.25) is 0 Å². The Morgan fingerprint density at radius 3 is 2.73 bits per heavy atom. The molecule has 0 rings (SSSR count). The van der Waals surface area contributed by atoms with E-state index in [1.165, 1.54) is 0 Å². The molecule has 0 saturated heterocycles. The molecule has 66 valence electrons. The van der Waals surface area contributed by atoms with Crippen molar-refractivity contribution in [3.63, 3.8) is 0 Å². The molecule has 0 unspecified atom stereocenters. The highest BCUT2D eigenvalue weighted by atomic mass is 15.2. The van der Waals surface area contributed by atoms with Crippen molar-refractivity contribution in [1.29, 1.82) is 0 Å². The Balaban J connectivity index is 3.55. The van der Waals surface area contributed by atoms with Crippen molar-refractivity contribution >= 4 is 0 Å². The maximum Gasteiger partial charge on any atom is 0.0428 e. The Hall–Kier alpha value is -0.740. The second-order valence-electron chi connectivity index (χ2n) is 2.23. The summed E-state index contributed by atoms with van der Waals surface area (Å²) in [7, 11) is 1.92. The summed E-state index contributed by atoms with van der Waals surface area (Å²) in [4.78, 5) is 0. The van der Waals surface area contributed by atoms with Gasteiger partial charge in [0.05, 0.1) is 0 Å². The number of hydrazine groups is 1. The van der Waals surface area contributed by atoms with Crippen molar-refractivity contribution in [1.82, 2.24) is 16.1 Å². The van der Waals surface area contributed by atoms with Gasteiger partial charge in [-0.1, -0.05) is 0 Å². The van der Waals surface area contributed by atoms with Crippen LogP contribution in [0.2, 0.25) is 0 Å². The topological polar surface area (TPSA) is 62.1 Å². The Labute approximate surface area is 68.2 Å². The third-order valence-electron chi connectivity index (χ3n) is 1.31. The maximum absolute atomic E-state index is 5.27. The van der Waals surface area contributed by atoms with Crippen molar-refractivity contribution in [2.45, 2.75) is 13.3 Å². The third kappa shape index (κ3) is 5.69. The van der Waals surface area contributed by atoms with E-state index < -0.39 is 0 Å². The van der Waals surface area contributed by atoms with Crippen molar-refractivity contribution in [3.8, 4) is 0 Å². The Morgan fingerprint density at radius 2 is 2.27 bits per heavy atom. The Bertz CT molecular complexity index is 111. The highest BCUT2D eigenvalue weighted by Crippen LogP contribution is 1.90. The van der Waals surface area contributed by atoms with Gasteiger partial charge >= 0.3 is 0 Å². The molecular weight excluding hydrogens is 140 g/mol. The predicted octanol–water partition coefficient (Wildman–Crippen LogP) is -0.490. The smallest absolute Gasteiger partial charge is 0.0428 e. The molecule has 0 aliphatic rings. The molecule has 0 atom stereocenters. The summed E-state index contributed by atoms with van der Waals surface area (Å²) in [6.45, 7) is 3.90. The molecule has 0 aliphatic carbocycles. The standard InChI is InChI=1S/C7H18N4/c1-3-10-6-7(11-8)4-5-9-2/h6,9-11H,3-5,8H2,1-2H3/b7-6-. The summed E-state index contributed by atoms with van der Waals surface area (Å²) in [5.74, 6) is 5.27. The minimum Gasteiger partial charge on any atom is -0.390 e. The number of nitrogens with one attached hydrogen (secondary N) is 3. The fourth-order valence-corrected chi connectivity index (χ4v) is 0.671. The van der Waals surface area contributed by atoms with E-state index in [-0.39, 0.29) is 0 Å². The normalized spacial score (nSPS) is 11.4. The van der Waals surface area contributed by atoms with Crippen LogP contribution in [0, 0.1) is 0 Å². The molecule has 0 radical (unpaired) electrons. The summed E-state index contributed by atoms with van der Waals surface area (Å²) < 4.78 is 0. The van der Waals surface area contributed by atoms with Gasteiger partial charge in [0.15, 0.2) is 0 Å². The van der Waals surface area contributed by atoms with Gasteiger partial charge in [0.1, 0.15) is 0 Å². The molecule has 0 aromatic rings. The summed E-state index contributed by atoms with van der Waals surface area (Å²) in [6.07, 6.45) is 2.82. The Morgan fingerprint density at radius 1 is 1.55 bits per heavy atom. The largest absolute Gasteiger partial charge is 0.390 e. The fraction of sp³-hybridized carbons (Fsp3) is 0.714. The van der Waals surface area contributed by atoms with Crippen LogP contribution >= 0.6 is 0 Å². The van der Waals surface area contributed by atoms with Gasteiger partial charge < -0.3 is 16.1 Å². The van der Waals surface area contributed by atoms with Gasteiger partial charge in [-0.15, -0.1) is 0 Å². The summed E-state index contributed by atoms with van der Waals surface area (Å²) >= 11 is 0. The lowest BCUT2D eigenvalue weighted by Crippen LogP contribution is -2.25. The van der Waals surface area contributed by atoms with Crippen LogP contribution < -0.4 is 21.9 Å². The predicted molar refractivity (Wildman–Crippen MR) is 47.6 cm³/mol. The van der Waals surface area contributed by atoms with Gasteiger partial charge in [0.25, 0.3) is 0 Å². The Kier molecular flexibility index (Phi) is 6.87. The second-order valence-corrected chi connectivity index (χ2v) is 2.23. The first kappa shape index (κ1) is 10.3. The van der Waals surface area contributed by atoms with Crippen LogP contribution in [0.5, 0.6) is 0 Å². The van der Waals surface area contributed by atoms with Crippen LogP contribution in [0.15, 0.2) is 11.9 Å². The van der Waals surface area contributed by atoms with Crippen LogP contribution in [-0.4, -0.2) is 20.1 Å². The molecule has 4 nitrogen and oxygen atoms in total. The number of nitrogens with two attached hydrogens (primary N) is 1. The molecule has 11 heavy (non-hydrogen) atoms. The first-order valence-corrected chi connectivity index (χ1v) is 3.88. The fourth-order valence-electron chi connectivity index (χ4n) is 0.671. The second kappa shape index (κ2) is 7.37. The molecule has 0 bridgehead atoms. The lowest BCUT2D eigenvalue weighted by atomic mass is 10.3. The van der Waals surface area contributed by atoms with Gasteiger partial charge in [0, 0.05) is 31.4 Å². The van der Waals surface area contributed by atoms with Crippen LogP contribution in [0.25, 0.3) is 0 Å². The zero-order valence-corrected chi connectivity index (χ0v) is 7.28. The molecule has 0 aliphatic heterocycles. The van der Waals surface area contributed by atoms with Crippen LogP contribution in [0.3, 0.4) is 0 Å². The lowest BCUT2D eigenvalue weighted by molar-refractivity contribution is 0.713. The average molecular weight is 158 g/mol. The van der Waals surface area contributed by atoms with E-state index in [1.54, 1.807) is 0 Å². The summed E-state index contributed by atoms with van der Waals surface area (Å²) in [6, 6.07) is 0. The molecule has 0 aromatic carbocycles. The van der Waals surface area contributed by atoms with E-state index in [9.17, 15) is 0 Å². The van der Waals surface area contributed by atoms with Crippen LogP contribution in [0.4, 0.5) is 0 Å². The maximum atomic E-state index is 5.27. The van der Waals surface area contributed by atoms with Gasteiger partial charge in [-0.05, 0) is 14.0 Å². The van der Waals surface area contributed by atoms with Crippen molar-refractivity contribution in [2.75, 3.05) is 20.1 Å². The van der Waals surface area contributed by atoms with Crippen molar-refractivity contribution in [3.05, 3.63) is 11.9 Å². The van der Waals surface area contributed by atoms with E-state index in [0.29, 0.717) is 0 Å². The quantitative estimate of drug-likeness (QED) is 0.311. The van der Waals surface area contributed by atoms with E-state index in [0.717, 1.165) is 25.2 Å². The van der Waals surface area contributed by atoms with Gasteiger partial charge in [-0.3, -0.25) is 5.84 Å². The van der Waals surface area contributed by atoms with Gasteiger partial charge in [-0.2, -0.15) is 0 Å². The molecule has 0 fully saturated rings. The minimum atomic E-state index is 0.917. The highest BCUT2D eigenvalue weighted by molar-refractivity contribution is 4.96. The number of hydrogen-bond donors (Lipinski definition) is 4. The highest BCUT2D eigenvalue weighted by Gasteiger charge is 1.90. The molecule has 0 aromatic heterocycles. The van der Waals surface area contributed by atoms with E-state index in [4.69, 9.17) is 5.84 Å². The molecule has 4 heteroatoms. The first-order chi connectivity index (χ1) is 5.35. The van der Waals surface area contributed by atoms with Crippen LogP contribution in [-0.2, 0) is 0 Å².